The number of aliphatic hydroxyl groups is 2. The van der Waals surface area contributed by atoms with Crippen molar-refractivity contribution in [2.75, 3.05) is 0 Å². The standard InChI is InChI=1S/C12H11Cl3N2O3/c1-4-9(18)10(19)11(20-4)17-8-3-6(14)5(13)2-7(8)16-12(17)15/h2-4,9-11,18-19H,1H3/t4-,9-,10-,11-/m1/s1. The summed E-state index contributed by atoms with van der Waals surface area (Å²) < 4.78 is 7.05. The molecule has 0 radical (unpaired) electrons. The van der Waals surface area contributed by atoms with E-state index in [0.717, 1.165) is 0 Å². The van der Waals surface area contributed by atoms with Crippen molar-refractivity contribution in [2.45, 2.75) is 31.5 Å². The number of nitrogens with zero attached hydrogens (tertiary/aromatic N) is 2. The van der Waals surface area contributed by atoms with Gasteiger partial charge in [0.2, 0.25) is 5.28 Å². The Kier molecular flexibility index (Phi) is 3.61. The lowest BCUT2D eigenvalue weighted by atomic mass is 10.1. The van der Waals surface area contributed by atoms with Crippen LogP contribution in [0, 0.1) is 0 Å². The van der Waals surface area contributed by atoms with Gasteiger partial charge in [-0.15, -0.1) is 0 Å². The predicted molar refractivity (Wildman–Crippen MR) is 76.4 cm³/mol. The Bertz CT molecular complexity index is 676. The molecule has 1 fully saturated rings. The maximum Gasteiger partial charge on any atom is 0.206 e. The Morgan fingerprint density at radius 2 is 1.80 bits per heavy atom. The maximum absolute atomic E-state index is 10.1. The number of hydrogen-bond acceptors (Lipinski definition) is 4. The van der Waals surface area contributed by atoms with Crippen LogP contribution >= 0.6 is 34.8 Å². The molecule has 2 aromatic rings. The van der Waals surface area contributed by atoms with E-state index in [9.17, 15) is 10.2 Å². The summed E-state index contributed by atoms with van der Waals surface area (Å²) in [6.07, 6.45) is -3.42. The van der Waals surface area contributed by atoms with Crippen molar-refractivity contribution in [3.63, 3.8) is 0 Å². The summed E-state index contributed by atoms with van der Waals surface area (Å²) in [7, 11) is 0. The van der Waals surface area contributed by atoms with E-state index in [2.05, 4.69) is 4.98 Å². The molecule has 20 heavy (non-hydrogen) atoms. The number of aromatic nitrogens is 2. The lowest BCUT2D eigenvalue weighted by molar-refractivity contribution is -0.0294. The van der Waals surface area contributed by atoms with E-state index in [1.807, 2.05) is 0 Å². The van der Waals surface area contributed by atoms with E-state index in [-0.39, 0.29) is 5.28 Å². The second-order valence-corrected chi connectivity index (χ2v) is 5.87. The molecule has 1 aliphatic rings. The molecule has 2 heterocycles. The molecule has 108 valence electrons. The van der Waals surface area contributed by atoms with Gasteiger partial charge in [0.25, 0.3) is 0 Å². The molecule has 5 nitrogen and oxygen atoms in total. The molecule has 0 aliphatic carbocycles. The van der Waals surface area contributed by atoms with E-state index in [1.54, 1.807) is 19.1 Å². The number of rotatable bonds is 1. The Morgan fingerprint density at radius 3 is 2.40 bits per heavy atom. The topological polar surface area (TPSA) is 67.5 Å². The van der Waals surface area contributed by atoms with Gasteiger partial charge < -0.3 is 14.9 Å². The molecule has 1 aromatic heterocycles. The van der Waals surface area contributed by atoms with Gasteiger partial charge in [0.05, 0.1) is 27.2 Å². The highest BCUT2D eigenvalue weighted by molar-refractivity contribution is 6.42. The smallest absolute Gasteiger partial charge is 0.206 e. The van der Waals surface area contributed by atoms with E-state index >= 15 is 0 Å². The number of halogens is 3. The molecular formula is C12H11Cl3N2O3. The van der Waals surface area contributed by atoms with E-state index in [4.69, 9.17) is 39.5 Å². The third-order valence-corrected chi connectivity index (χ3v) is 4.41. The summed E-state index contributed by atoms with van der Waals surface area (Å²) in [4.78, 5) is 4.16. The fraction of sp³-hybridized carbons (Fsp3) is 0.417. The minimum Gasteiger partial charge on any atom is -0.388 e. The largest absolute Gasteiger partial charge is 0.388 e. The van der Waals surface area contributed by atoms with Gasteiger partial charge in [0.15, 0.2) is 6.23 Å². The first-order chi connectivity index (χ1) is 9.40. The highest BCUT2D eigenvalue weighted by Gasteiger charge is 2.42. The molecule has 8 heteroatoms. The zero-order chi connectivity index (χ0) is 14.6. The summed E-state index contributed by atoms with van der Waals surface area (Å²) in [6, 6.07) is 3.19. The molecule has 0 spiro atoms. The van der Waals surface area contributed by atoms with Gasteiger partial charge >= 0.3 is 0 Å². The molecular weight excluding hydrogens is 327 g/mol. The maximum atomic E-state index is 10.1. The Labute approximate surface area is 129 Å². The van der Waals surface area contributed by atoms with Crippen LogP contribution in [0.2, 0.25) is 15.3 Å². The number of imidazole rings is 1. The number of aliphatic hydroxyl groups excluding tert-OH is 2. The summed E-state index contributed by atoms with van der Waals surface area (Å²) in [5, 5.41) is 20.7. The number of hydrogen-bond donors (Lipinski definition) is 2. The van der Waals surface area contributed by atoms with Crippen LogP contribution in [-0.2, 0) is 4.74 Å². The fourth-order valence-corrected chi connectivity index (χ4v) is 2.94. The van der Waals surface area contributed by atoms with Gasteiger partial charge in [-0.2, -0.15) is 0 Å². The first-order valence-electron chi connectivity index (χ1n) is 5.94. The van der Waals surface area contributed by atoms with Crippen molar-refractivity contribution in [3.05, 3.63) is 27.5 Å². The molecule has 3 rings (SSSR count). The van der Waals surface area contributed by atoms with Gasteiger partial charge in [-0.25, -0.2) is 4.98 Å². The van der Waals surface area contributed by atoms with Crippen LogP contribution in [0.15, 0.2) is 12.1 Å². The predicted octanol–water partition coefficient (Wildman–Crippen LogP) is 2.64. The molecule has 0 unspecified atom stereocenters. The lowest BCUT2D eigenvalue weighted by Gasteiger charge is -2.18. The van der Waals surface area contributed by atoms with E-state index in [0.29, 0.717) is 21.1 Å². The molecule has 2 N–H and O–H groups in total. The summed E-state index contributed by atoms with van der Waals surface area (Å²) in [5.41, 5.74) is 1.11. The van der Waals surface area contributed by atoms with Crippen LogP contribution in [0.3, 0.4) is 0 Å². The van der Waals surface area contributed by atoms with Crippen LogP contribution in [-0.4, -0.2) is 38.1 Å². The minimum absolute atomic E-state index is 0.128. The van der Waals surface area contributed by atoms with Gasteiger partial charge in [0, 0.05) is 0 Å². The van der Waals surface area contributed by atoms with Crippen molar-refractivity contribution < 1.29 is 14.9 Å². The molecule has 0 amide bonds. The van der Waals surface area contributed by atoms with Crippen molar-refractivity contribution in [1.82, 2.24) is 9.55 Å². The van der Waals surface area contributed by atoms with Crippen molar-refractivity contribution >= 4 is 45.8 Å². The van der Waals surface area contributed by atoms with E-state index < -0.39 is 24.5 Å². The average Bonchev–Trinajstić information content (AvgIpc) is 2.81. The lowest BCUT2D eigenvalue weighted by Crippen LogP contribution is -2.30. The second kappa shape index (κ2) is 5.02. The third-order valence-electron chi connectivity index (χ3n) is 3.42. The summed E-state index contributed by atoms with van der Waals surface area (Å²) in [6.45, 7) is 1.67. The van der Waals surface area contributed by atoms with Crippen LogP contribution in [0.25, 0.3) is 11.0 Å². The normalized spacial score (nSPS) is 30.3. The molecule has 4 atom stereocenters. The first kappa shape index (κ1) is 14.4. The second-order valence-electron chi connectivity index (χ2n) is 4.72. The van der Waals surface area contributed by atoms with Crippen LogP contribution in [0.4, 0.5) is 0 Å². The zero-order valence-corrected chi connectivity index (χ0v) is 12.6. The van der Waals surface area contributed by atoms with Crippen molar-refractivity contribution in [2.24, 2.45) is 0 Å². The molecule has 0 saturated carbocycles. The highest BCUT2D eigenvalue weighted by Crippen LogP contribution is 2.36. The Morgan fingerprint density at radius 1 is 1.15 bits per heavy atom. The summed E-state index contributed by atoms with van der Waals surface area (Å²) in [5.74, 6) is 0. The number of ether oxygens (including phenoxy) is 1. The molecule has 1 aliphatic heterocycles. The number of benzene rings is 1. The van der Waals surface area contributed by atoms with Crippen LogP contribution < -0.4 is 0 Å². The monoisotopic (exact) mass is 336 g/mol. The minimum atomic E-state index is -1.10. The Balaban J connectivity index is 2.17. The Hall–Kier alpha value is -0.560. The van der Waals surface area contributed by atoms with Gasteiger partial charge in [-0.3, -0.25) is 4.57 Å². The van der Waals surface area contributed by atoms with Crippen molar-refractivity contribution in [1.29, 1.82) is 0 Å². The molecule has 1 saturated heterocycles. The van der Waals surface area contributed by atoms with Gasteiger partial charge in [0.1, 0.15) is 12.2 Å². The third kappa shape index (κ3) is 2.09. The first-order valence-corrected chi connectivity index (χ1v) is 7.07. The molecule has 1 aromatic carbocycles. The number of fused-ring (bicyclic) bond motifs is 1. The average molecular weight is 338 g/mol. The highest BCUT2D eigenvalue weighted by atomic mass is 35.5. The summed E-state index contributed by atoms with van der Waals surface area (Å²) >= 11 is 18.0. The SMILES string of the molecule is C[C@H]1O[C@@H](n2c(Cl)nc3cc(Cl)c(Cl)cc32)[C@H](O)[C@@H]1O. The van der Waals surface area contributed by atoms with Crippen molar-refractivity contribution in [3.8, 4) is 0 Å². The quantitative estimate of drug-likeness (QED) is 0.839. The molecule has 0 bridgehead atoms. The zero-order valence-electron chi connectivity index (χ0n) is 10.3. The van der Waals surface area contributed by atoms with Crippen LogP contribution in [0.1, 0.15) is 13.2 Å². The van der Waals surface area contributed by atoms with E-state index in [1.165, 1.54) is 4.57 Å². The van der Waals surface area contributed by atoms with Crippen LogP contribution in [0.5, 0.6) is 0 Å². The van der Waals surface area contributed by atoms with Gasteiger partial charge in [-0.05, 0) is 30.7 Å². The van der Waals surface area contributed by atoms with Gasteiger partial charge in [-0.1, -0.05) is 23.2 Å². The fourth-order valence-electron chi connectivity index (χ4n) is 2.34.